The Morgan fingerprint density at radius 2 is 1.67 bits per heavy atom. The monoisotopic (exact) mass is 553 g/mol. The normalized spacial score (nSPS) is 12.9. The van der Waals surface area contributed by atoms with E-state index in [2.05, 4.69) is 95.1 Å². The first-order valence-corrected chi connectivity index (χ1v) is 14.3. The van der Waals surface area contributed by atoms with E-state index in [0.717, 1.165) is 70.5 Å². The molecule has 1 aliphatic rings. The van der Waals surface area contributed by atoms with Crippen molar-refractivity contribution in [1.82, 2.24) is 14.2 Å². The molecule has 5 aromatic rings. The largest absolute Gasteiger partial charge is 0.378 e. The first-order chi connectivity index (χ1) is 18.9. The van der Waals surface area contributed by atoms with Crippen LogP contribution in [-0.2, 0) is 19.5 Å². The maximum Gasteiger partial charge on any atom is 0.150 e. The Morgan fingerprint density at radius 3 is 2.41 bits per heavy atom. The van der Waals surface area contributed by atoms with Gasteiger partial charge in [-0.2, -0.15) is 5.10 Å². The summed E-state index contributed by atoms with van der Waals surface area (Å²) in [4.78, 5) is 0.660. The molecule has 2 aromatic heterocycles. The zero-order valence-electron chi connectivity index (χ0n) is 22.5. The van der Waals surface area contributed by atoms with Crippen LogP contribution in [-0.4, -0.2) is 19.2 Å². The van der Waals surface area contributed by atoms with Gasteiger partial charge in [-0.05, 0) is 93.1 Å². The lowest BCUT2D eigenvalue weighted by molar-refractivity contribution is 0.619. The van der Waals surface area contributed by atoms with Crippen LogP contribution in [0, 0.1) is 20.8 Å². The molecule has 0 amide bonds. The molecule has 2 N–H and O–H groups in total. The van der Waals surface area contributed by atoms with Gasteiger partial charge in [0, 0.05) is 34.1 Å². The number of thiocarbonyl (C=S) groups is 1. The van der Waals surface area contributed by atoms with Crippen LogP contribution in [0.1, 0.15) is 46.6 Å². The van der Waals surface area contributed by atoms with E-state index in [-0.39, 0.29) is 0 Å². The molecule has 5 nitrogen and oxygen atoms in total. The highest BCUT2D eigenvalue weighted by Crippen LogP contribution is 2.38. The molecule has 198 valence electrons. The molecular weight excluding hydrogens is 522 g/mol. The quantitative estimate of drug-likeness (QED) is 0.208. The van der Waals surface area contributed by atoms with Crippen molar-refractivity contribution in [3.05, 3.63) is 106 Å². The summed E-state index contributed by atoms with van der Waals surface area (Å²) in [5.41, 5.74) is 11.4. The lowest BCUT2D eigenvalue weighted by atomic mass is 9.98. The fraction of sp³-hybridized carbons (Fsp3) is 0.250. The summed E-state index contributed by atoms with van der Waals surface area (Å²) in [6, 6.07) is 22.9. The molecule has 3 aromatic carbocycles. The molecule has 0 radical (unpaired) electrons. The highest BCUT2D eigenvalue weighted by atomic mass is 35.5. The first kappa shape index (κ1) is 25.7. The molecule has 7 heteroatoms. The van der Waals surface area contributed by atoms with E-state index in [1.54, 1.807) is 0 Å². The van der Waals surface area contributed by atoms with E-state index < -0.39 is 0 Å². The van der Waals surface area contributed by atoms with Gasteiger partial charge in [0.2, 0.25) is 0 Å². The Morgan fingerprint density at radius 1 is 0.923 bits per heavy atom. The van der Waals surface area contributed by atoms with Crippen molar-refractivity contribution < 1.29 is 0 Å². The van der Waals surface area contributed by atoms with E-state index in [1.165, 1.54) is 22.3 Å². The maximum atomic E-state index is 6.28. The minimum atomic E-state index is 0.636. The Balaban J connectivity index is 1.48. The summed E-state index contributed by atoms with van der Waals surface area (Å²) in [5, 5.41) is 13.0. The van der Waals surface area contributed by atoms with Gasteiger partial charge in [-0.3, -0.25) is 0 Å². The number of nitrogens with one attached hydrogen (secondary N) is 2. The first-order valence-electron chi connectivity index (χ1n) is 13.5. The average molecular weight is 554 g/mol. The number of anilines is 2. The fourth-order valence-electron chi connectivity index (χ4n) is 5.43. The van der Waals surface area contributed by atoms with Crippen molar-refractivity contribution in [2.75, 3.05) is 10.6 Å². The molecule has 6 rings (SSSR count). The average Bonchev–Trinajstić information content (AvgIpc) is 3.32. The van der Waals surface area contributed by atoms with Gasteiger partial charge >= 0.3 is 0 Å². The van der Waals surface area contributed by atoms with E-state index in [0.29, 0.717) is 11.5 Å². The minimum absolute atomic E-state index is 0.636. The number of hydrogen-bond donors (Lipinski definition) is 2. The van der Waals surface area contributed by atoms with Crippen LogP contribution in [0.5, 0.6) is 0 Å². The Hall–Kier alpha value is -3.61. The lowest BCUT2D eigenvalue weighted by Crippen LogP contribution is -2.15. The highest BCUT2D eigenvalue weighted by Gasteiger charge is 2.29. The predicted molar refractivity (Wildman–Crippen MR) is 166 cm³/mol. The molecule has 0 saturated heterocycles. The van der Waals surface area contributed by atoms with Gasteiger partial charge < -0.3 is 15.2 Å². The van der Waals surface area contributed by atoms with Crippen LogP contribution in [0.4, 0.5) is 11.4 Å². The van der Waals surface area contributed by atoms with Crippen LogP contribution in [0.25, 0.3) is 16.8 Å². The van der Waals surface area contributed by atoms with E-state index >= 15 is 0 Å². The van der Waals surface area contributed by atoms with Gasteiger partial charge in [0.1, 0.15) is 16.3 Å². The second-order valence-corrected chi connectivity index (χ2v) is 11.3. The van der Waals surface area contributed by atoms with Crippen molar-refractivity contribution >= 4 is 45.8 Å². The fourth-order valence-corrected chi connectivity index (χ4v) is 5.87. The standard InChI is InChI=1S/C32H32ClN5S/c1-20-7-14-25(15-8-20)34-19-28-36-38-30(31(39)35-26-16-9-21(2)22(3)18-26)29(23-10-12-24(33)13-11-23)27-6-4-5-17-37(28)32(27)38/h7-16,18,34H,4-6,17,19H2,1-3H3,(H,35,39). The van der Waals surface area contributed by atoms with E-state index in [1.807, 2.05) is 12.1 Å². The predicted octanol–water partition coefficient (Wildman–Crippen LogP) is 8.12. The number of halogens is 1. The highest BCUT2D eigenvalue weighted by molar-refractivity contribution is 7.81. The zero-order chi connectivity index (χ0) is 27.1. The van der Waals surface area contributed by atoms with Gasteiger partial charge in [0.25, 0.3) is 0 Å². The van der Waals surface area contributed by atoms with Crippen LogP contribution in [0.2, 0.25) is 5.02 Å². The van der Waals surface area contributed by atoms with Gasteiger partial charge in [0.15, 0.2) is 5.82 Å². The van der Waals surface area contributed by atoms with Gasteiger partial charge in [0.05, 0.1) is 6.54 Å². The number of aromatic nitrogens is 3. The van der Waals surface area contributed by atoms with Crippen molar-refractivity contribution in [3.8, 4) is 11.1 Å². The van der Waals surface area contributed by atoms with Crippen molar-refractivity contribution in [2.24, 2.45) is 0 Å². The number of nitrogens with zero attached hydrogens (tertiary/aromatic N) is 3. The van der Waals surface area contributed by atoms with Gasteiger partial charge in [-0.1, -0.05) is 59.7 Å². The van der Waals surface area contributed by atoms with E-state index in [9.17, 15) is 0 Å². The molecule has 0 unspecified atom stereocenters. The molecule has 0 aliphatic carbocycles. The second kappa shape index (κ2) is 10.5. The topological polar surface area (TPSA) is 46.3 Å². The summed E-state index contributed by atoms with van der Waals surface area (Å²) < 4.78 is 4.46. The van der Waals surface area contributed by atoms with Crippen molar-refractivity contribution in [1.29, 1.82) is 0 Å². The Bertz CT molecular complexity index is 1680. The molecule has 0 atom stereocenters. The summed E-state index contributed by atoms with van der Waals surface area (Å²) >= 11 is 12.4. The molecule has 0 saturated carbocycles. The molecule has 39 heavy (non-hydrogen) atoms. The summed E-state index contributed by atoms with van der Waals surface area (Å²) in [6.07, 6.45) is 3.20. The molecule has 0 fully saturated rings. The smallest absolute Gasteiger partial charge is 0.150 e. The molecule has 3 heterocycles. The Kier molecular flexibility index (Phi) is 6.92. The summed E-state index contributed by atoms with van der Waals surface area (Å²) in [7, 11) is 0. The Labute approximate surface area is 239 Å². The molecular formula is C32H32ClN5S. The summed E-state index contributed by atoms with van der Waals surface area (Å²) in [5.74, 6) is 1.01. The van der Waals surface area contributed by atoms with Crippen LogP contribution >= 0.6 is 23.8 Å². The third-order valence-corrected chi connectivity index (χ3v) is 8.22. The van der Waals surface area contributed by atoms with E-state index in [4.69, 9.17) is 28.9 Å². The van der Waals surface area contributed by atoms with Gasteiger partial charge in [-0.25, -0.2) is 4.52 Å². The van der Waals surface area contributed by atoms with Crippen molar-refractivity contribution in [2.45, 2.75) is 53.1 Å². The van der Waals surface area contributed by atoms with Crippen LogP contribution in [0.15, 0.2) is 66.7 Å². The minimum Gasteiger partial charge on any atom is -0.378 e. The number of rotatable bonds is 6. The maximum absolute atomic E-state index is 6.28. The number of aryl methyl sites for hydroxylation is 5. The summed E-state index contributed by atoms with van der Waals surface area (Å²) in [6.45, 7) is 7.92. The lowest BCUT2D eigenvalue weighted by Gasteiger charge is -2.13. The third kappa shape index (κ3) is 4.95. The second-order valence-electron chi connectivity index (χ2n) is 10.4. The SMILES string of the molecule is Cc1ccc(NCc2nn3c(C(=S)Nc4ccc(C)c(C)c4)c(-c4ccc(Cl)cc4)c4c3n2CCCC4)cc1. The third-order valence-electron chi connectivity index (χ3n) is 7.68. The molecule has 0 spiro atoms. The van der Waals surface area contributed by atoms with Crippen LogP contribution < -0.4 is 10.6 Å². The molecule has 1 aliphatic heterocycles. The molecule has 0 bridgehead atoms. The van der Waals surface area contributed by atoms with Crippen LogP contribution in [0.3, 0.4) is 0 Å². The van der Waals surface area contributed by atoms with Gasteiger partial charge in [-0.15, -0.1) is 0 Å². The zero-order valence-corrected chi connectivity index (χ0v) is 24.1. The number of hydrogen-bond acceptors (Lipinski definition) is 3. The number of benzene rings is 3. The van der Waals surface area contributed by atoms with Crippen molar-refractivity contribution in [3.63, 3.8) is 0 Å².